The monoisotopic (exact) mass is 469 g/mol. The molecular weight excluding hydrogens is 441 g/mol. The molecule has 2 aliphatic heterocycles. The molecule has 5 rings (SSSR count). The van der Waals surface area contributed by atoms with Crippen LogP contribution in [0.5, 0.6) is 0 Å². The molecule has 2 aliphatic rings. The maximum atomic E-state index is 13.5. The van der Waals surface area contributed by atoms with Crippen LogP contribution in [-0.2, 0) is 4.74 Å². The molecule has 2 aromatic heterocycles. The average molecular weight is 470 g/mol. The van der Waals surface area contributed by atoms with Crippen molar-refractivity contribution in [2.45, 2.75) is 44.9 Å². The quantitative estimate of drug-likeness (QED) is 0.568. The Labute approximate surface area is 196 Å². The fourth-order valence-corrected chi connectivity index (χ4v) is 5.58. The van der Waals surface area contributed by atoms with E-state index in [1.54, 1.807) is 16.8 Å². The molecule has 3 atom stereocenters. The lowest BCUT2D eigenvalue weighted by Gasteiger charge is -2.38. The number of hydrogen-bond donors (Lipinski definition) is 0. The second kappa shape index (κ2) is 9.32. The molecular formula is C24H28FN5O2S. The Morgan fingerprint density at radius 3 is 2.64 bits per heavy atom. The number of benzene rings is 1. The zero-order chi connectivity index (χ0) is 22.9. The number of nitrogens with zero attached hydrogens (tertiary/aromatic N) is 5. The van der Waals surface area contributed by atoms with Crippen molar-refractivity contribution in [1.29, 1.82) is 0 Å². The van der Waals surface area contributed by atoms with Crippen molar-refractivity contribution < 1.29 is 13.9 Å². The maximum absolute atomic E-state index is 13.5. The lowest BCUT2D eigenvalue weighted by atomic mass is 10.1. The van der Waals surface area contributed by atoms with Crippen molar-refractivity contribution in [3.05, 3.63) is 53.4 Å². The smallest absolute Gasteiger partial charge is 0.293 e. The van der Waals surface area contributed by atoms with Crippen LogP contribution in [0.3, 0.4) is 0 Å². The number of thiophene rings is 1. The standard InChI is InChI=1S/C24H28FN5O2S/c1-16-13-28(14-17(2)32-16)15-20-5-3-11-29(20)24(31)22-26-23(21-6-4-12-33-21)30(27-22)19-9-7-18(25)8-10-19/h4,6-10,12,16-17,20H,3,5,11,13-15H2,1-2H3/t16-,17+,20-/m1/s1. The highest BCUT2D eigenvalue weighted by atomic mass is 32.1. The van der Waals surface area contributed by atoms with E-state index >= 15 is 0 Å². The summed E-state index contributed by atoms with van der Waals surface area (Å²) in [5.41, 5.74) is 0.667. The van der Waals surface area contributed by atoms with E-state index in [0.717, 1.165) is 37.4 Å². The average Bonchev–Trinajstić information content (AvgIpc) is 3.53. The van der Waals surface area contributed by atoms with Gasteiger partial charge >= 0.3 is 0 Å². The van der Waals surface area contributed by atoms with Crippen LogP contribution in [0.15, 0.2) is 41.8 Å². The minimum Gasteiger partial charge on any atom is -0.373 e. The third-order valence-corrected chi connectivity index (χ3v) is 7.08. The van der Waals surface area contributed by atoms with Gasteiger partial charge in [0.15, 0.2) is 5.82 Å². The van der Waals surface area contributed by atoms with Gasteiger partial charge in [-0.2, -0.15) is 0 Å². The van der Waals surface area contributed by atoms with E-state index in [1.165, 1.54) is 23.5 Å². The summed E-state index contributed by atoms with van der Waals surface area (Å²) in [7, 11) is 0. The van der Waals surface area contributed by atoms with Crippen LogP contribution in [0, 0.1) is 5.82 Å². The number of carbonyl (C=O) groups excluding carboxylic acids is 1. The first-order valence-corrected chi connectivity index (χ1v) is 12.3. The summed E-state index contributed by atoms with van der Waals surface area (Å²) >= 11 is 1.53. The molecule has 4 heterocycles. The van der Waals surface area contributed by atoms with Gasteiger partial charge in [0.1, 0.15) is 5.82 Å². The molecule has 0 saturated carbocycles. The van der Waals surface area contributed by atoms with Gasteiger partial charge in [-0.15, -0.1) is 16.4 Å². The van der Waals surface area contributed by atoms with E-state index in [0.29, 0.717) is 18.1 Å². The summed E-state index contributed by atoms with van der Waals surface area (Å²) in [6.07, 6.45) is 2.34. The molecule has 0 radical (unpaired) electrons. The van der Waals surface area contributed by atoms with Gasteiger partial charge in [-0.05, 0) is 62.4 Å². The number of amides is 1. The number of likely N-dealkylation sites (tertiary alicyclic amines) is 1. The van der Waals surface area contributed by atoms with Crippen LogP contribution in [0.1, 0.15) is 37.3 Å². The fourth-order valence-electron chi connectivity index (χ4n) is 4.88. The van der Waals surface area contributed by atoms with Gasteiger partial charge in [0, 0.05) is 32.2 Å². The van der Waals surface area contributed by atoms with E-state index in [9.17, 15) is 9.18 Å². The van der Waals surface area contributed by atoms with E-state index in [2.05, 4.69) is 28.8 Å². The van der Waals surface area contributed by atoms with Crippen molar-refractivity contribution in [3.63, 3.8) is 0 Å². The van der Waals surface area contributed by atoms with Crippen molar-refractivity contribution in [1.82, 2.24) is 24.6 Å². The molecule has 33 heavy (non-hydrogen) atoms. The lowest BCUT2D eigenvalue weighted by molar-refractivity contribution is -0.0715. The number of ether oxygens (including phenoxy) is 1. The third kappa shape index (κ3) is 4.71. The first-order chi connectivity index (χ1) is 16.0. The molecule has 0 bridgehead atoms. The normalized spacial score (nSPS) is 23.8. The second-order valence-corrected chi connectivity index (χ2v) is 9.84. The van der Waals surface area contributed by atoms with Gasteiger partial charge in [0.05, 0.1) is 22.8 Å². The molecule has 7 nitrogen and oxygen atoms in total. The summed E-state index contributed by atoms with van der Waals surface area (Å²) < 4.78 is 21.0. The molecule has 0 unspecified atom stereocenters. The van der Waals surface area contributed by atoms with Crippen molar-refractivity contribution in [2.75, 3.05) is 26.2 Å². The Kier molecular flexibility index (Phi) is 6.27. The lowest BCUT2D eigenvalue weighted by Crippen LogP contribution is -2.51. The molecule has 1 aromatic carbocycles. The van der Waals surface area contributed by atoms with E-state index in [-0.39, 0.29) is 35.8 Å². The molecule has 9 heteroatoms. The van der Waals surface area contributed by atoms with Crippen molar-refractivity contribution >= 4 is 17.2 Å². The summed E-state index contributed by atoms with van der Waals surface area (Å²) in [5, 5.41) is 6.54. The minimum atomic E-state index is -0.320. The number of halogens is 1. The third-order valence-electron chi connectivity index (χ3n) is 6.21. The minimum absolute atomic E-state index is 0.137. The van der Waals surface area contributed by atoms with Gasteiger partial charge in [-0.25, -0.2) is 14.1 Å². The first-order valence-electron chi connectivity index (χ1n) is 11.4. The highest BCUT2D eigenvalue weighted by Crippen LogP contribution is 2.27. The molecule has 1 amide bonds. The predicted octanol–water partition coefficient (Wildman–Crippen LogP) is 3.85. The van der Waals surface area contributed by atoms with Gasteiger partial charge in [0.2, 0.25) is 5.82 Å². The van der Waals surface area contributed by atoms with Gasteiger partial charge in [0.25, 0.3) is 5.91 Å². The number of hydrogen-bond acceptors (Lipinski definition) is 6. The molecule has 0 N–H and O–H groups in total. The Balaban J connectivity index is 1.41. The largest absolute Gasteiger partial charge is 0.373 e. The Hall–Kier alpha value is -2.62. The van der Waals surface area contributed by atoms with Gasteiger partial charge in [-0.1, -0.05) is 6.07 Å². The highest BCUT2D eigenvalue weighted by molar-refractivity contribution is 7.13. The van der Waals surface area contributed by atoms with Crippen LogP contribution < -0.4 is 0 Å². The SMILES string of the molecule is C[C@@H]1CN(C[C@H]2CCCN2C(=O)c2nc(-c3cccs3)n(-c3ccc(F)cc3)n2)C[C@H](C)O1. The van der Waals surface area contributed by atoms with Crippen LogP contribution in [0.2, 0.25) is 0 Å². The molecule has 2 fully saturated rings. The van der Waals surface area contributed by atoms with E-state index in [4.69, 9.17) is 4.74 Å². The molecule has 174 valence electrons. The van der Waals surface area contributed by atoms with Gasteiger partial charge < -0.3 is 9.64 Å². The molecule has 0 aliphatic carbocycles. The second-order valence-electron chi connectivity index (χ2n) is 8.89. The highest BCUT2D eigenvalue weighted by Gasteiger charge is 2.35. The molecule has 2 saturated heterocycles. The van der Waals surface area contributed by atoms with Crippen LogP contribution in [0.25, 0.3) is 16.4 Å². The Morgan fingerprint density at radius 2 is 1.94 bits per heavy atom. The Bertz CT molecular complexity index is 1090. The van der Waals surface area contributed by atoms with E-state index in [1.807, 2.05) is 22.4 Å². The van der Waals surface area contributed by atoms with Crippen LogP contribution in [0.4, 0.5) is 4.39 Å². The topological polar surface area (TPSA) is 63.5 Å². The summed E-state index contributed by atoms with van der Waals surface area (Å²) in [6, 6.07) is 10.1. The predicted molar refractivity (Wildman–Crippen MR) is 125 cm³/mol. The zero-order valence-corrected chi connectivity index (χ0v) is 19.7. The molecule has 3 aromatic rings. The van der Waals surface area contributed by atoms with Gasteiger partial charge in [-0.3, -0.25) is 9.69 Å². The number of carbonyl (C=O) groups is 1. The van der Waals surface area contributed by atoms with E-state index < -0.39 is 0 Å². The number of morpholine rings is 1. The van der Waals surface area contributed by atoms with Crippen molar-refractivity contribution in [3.8, 4) is 16.4 Å². The first kappa shape index (κ1) is 22.2. The van der Waals surface area contributed by atoms with Crippen LogP contribution in [-0.4, -0.2) is 74.9 Å². The Morgan fingerprint density at radius 1 is 1.18 bits per heavy atom. The van der Waals surface area contributed by atoms with Crippen molar-refractivity contribution in [2.24, 2.45) is 0 Å². The summed E-state index contributed by atoms with van der Waals surface area (Å²) in [5.74, 6) is 0.301. The zero-order valence-electron chi connectivity index (χ0n) is 18.9. The number of rotatable bonds is 5. The van der Waals surface area contributed by atoms with Crippen LogP contribution >= 0.6 is 11.3 Å². The fraction of sp³-hybridized carbons (Fsp3) is 0.458. The summed E-state index contributed by atoms with van der Waals surface area (Å²) in [6.45, 7) is 7.49. The number of aromatic nitrogens is 3. The maximum Gasteiger partial charge on any atom is 0.293 e. The molecule has 0 spiro atoms. The summed E-state index contributed by atoms with van der Waals surface area (Å²) in [4.78, 5) is 23.4.